The van der Waals surface area contributed by atoms with Crippen LogP contribution in [0.2, 0.25) is 0 Å². The fourth-order valence-electron chi connectivity index (χ4n) is 2.26. The molecule has 0 bridgehead atoms. The van der Waals surface area contributed by atoms with E-state index in [2.05, 4.69) is 0 Å². The summed E-state index contributed by atoms with van der Waals surface area (Å²) in [5.74, 6) is -0.845. The Morgan fingerprint density at radius 2 is 0.958 bits per heavy atom. The zero-order valence-corrected chi connectivity index (χ0v) is 14.9. The lowest BCUT2D eigenvalue weighted by atomic mass is 10.2. The molecule has 0 aliphatic carbocycles. The second kappa shape index (κ2) is 6.86. The molecule has 24 heavy (non-hydrogen) atoms. The summed E-state index contributed by atoms with van der Waals surface area (Å²) < 4.78 is 50.1. The number of Topliss-reactive ketones (excluding diaryl/α,β-unsaturated/α-hetero) is 1. The SMILES string of the molecule is C[C@H](C(=O)[C@@H](C)S(=O)(=O)c1ccccc1)S(=O)(=O)c1ccccc1. The van der Waals surface area contributed by atoms with Crippen molar-refractivity contribution < 1.29 is 21.6 Å². The van der Waals surface area contributed by atoms with Crippen LogP contribution in [-0.2, 0) is 24.5 Å². The molecule has 7 heteroatoms. The van der Waals surface area contributed by atoms with Gasteiger partial charge in [0.1, 0.15) is 10.5 Å². The van der Waals surface area contributed by atoms with Gasteiger partial charge in [0.25, 0.3) is 0 Å². The van der Waals surface area contributed by atoms with Crippen LogP contribution in [0.1, 0.15) is 13.8 Å². The minimum atomic E-state index is -3.94. The highest BCUT2D eigenvalue weighted by molar-refractivity contribution is 7.94. The molecule has 2 aromatic rings. The molecule has 0 saturated carbocycles. The van der Waals surface area contributed by atoms with Crippen LogP contribution in [0.3, 0.4) is 0 Å². The van der Waals surface area contributed by atoms with Gasteiger partial charge in [-0.1, -0.05) is 36.4 Å². The smallest absolute Gasteiger partial charge is 0.188 e. The van der Waals surface area contributed by atoms with Gasteiger partial charge in [-0.25, -0.2) is 16.8 Å². The molecule has 0 spiro atoms. The standard InChI is InChI=1S/C17H18O5S2/c1-13(23(19,20)15-9-5-3-6-10-15)17(18)14(2)24(21,22)16-11-7-4-8-12-16/h3-14H,1-2H3/t13-,14-/m1/s1. The predicted molar refractivity (Wildman–Crippen MR) is 91.2 cm³/mol. The van der Waals surface area contributed by atoms with Crippen molar-refractivity contribution in [1.29, 1.82) is 0 Å². The van der Waals surface area contributed by atoms with E-state index in [1.54, 1.807) is 36.4 Å². The van der Waals surface area contributed by atoms with Gasteiger partial charge in [-0.3, -0.25) is 4.79 Å². The molecule has 0 aromatic heterocycles. The summed E-state index contributed by atoms with van der Waals surface area (Å²) in [5, 5.41) is -2.90. The summed E-state index contributed by atoms with van der Waals surface area (Å²) in [6, 6.07) is 15.1. The molecule has 0 saturated heterocycles. The van der Waals surface area contributed by atoms with Crippen molar-refractivity contribution >= 4 is 25.5 Å². The van der Waals surface area contributed by atoms with Crippen LogP contribution in [0.5, 0.6) is 0 Å². The molecule has 0 N–H and O–H groups in total. The van der Waals surface area contributed by atoms with Crippen LogP contribution in [0, 0.1) is 0 Å². The van der Waals surface area contributed by atoms with Crippen LogP contribution in [0.25, 0.3) is 0 Å². The van der Waals surface area contributed by atoms with Crippen LogP contribution in [-0.4, -0.2) is 33.1 Å². The normalized spacial score (nSPS) is 14.8. The number of benzene rings is 2. The van der Waals surface area contributed by atoms with E-state index in [0.717, 1.165) is 0 Å². The van der Waals surface area contributed by atoms with E-state index in [0.29, 0.717) is 0 Å². The van der Waals surface area contributed by atoms with Gasteiger partial charge in [0.2, 0.25) is 0 Å². The zero-order valence-electron chi connectivity index (χ0n) is 13.3. The predicted octanol–water partition coefficient (Wildman–Crippen LogP) is 2.28. The van der Waals surface area contributed by atoms with Crippen molar-refractivity contribution in [2.75, 3.05) is 0 Å². The van der Waals surface area contributed by atoms with Crippen LogP contribution >= 0.6 is 0 Å². The van der Waals surface area contributed by atoms with Gasteiger partial charge in [-0.05, 0) is 38.1 Å². The van der Waals surface area contributed by atoms with E-state index >= 15 is 0 Å². The van der Waals surface area contributed by atoms with Gasteiger partial charge in [0, 0.05) is 0 Å². The molecule has 0 heterocycles. The highest BCUT2D eigenvalue weighted by Gasteiger charge is 2.38. The van der Waals surface area contributed by atoms with Crippen molar-refractivity contribution in [3.05, 3.63) is 60.7 Å². The Labute approximate surface area is 142 Å². The van der Waals surface area contributed by atoms with E-state index < -0.39 is 36.0 Å². The maximum Gasteiger partial charge on any atom is 0.188 e. The van der Waals surface area contributed by atoms with Crippen molar-refractivity contribution in [1.82, 2.24) is 0 Å². The van der Waals surface area contributed by atoms with Crippen molar-refractivity contribution in [2.45, 2.75) is 34.1 Å². The second-order valence-corrected chi connectivity index (χ2v) is 9.94. The molecule has 0 aliphatic rings. The van der Waals surface area contributed by atoms with E-state index in [1.165, 1.54) is 38.1 Å². The van der Waals surface area contributed by atoms with Crippen molar-refractivity contribution in [2.24, 2.45) is 0 Å². The van der Waals surface area contributed by atoms with Crippen LogP contribution in [0.15, 0.2) is 70.5 Å². The van der Waals surface area contributed by atoms with E-state index in [9.17, 15) is 21.6 Å². The number of hydrogen-bond donors (Lipinski definition) is 0. The third kappa shape index (κ3) is 3.42. The van der Waals surface area contributed by atoms with Crippen LogP contribution < -0.4 is 0 Å². The van der Waals surface area contributed by atoms with Gasteiger partial charge >= 0.3 is 0 Å². The first-order chi connectivity index (χ1) is 11.2. The molecule has 0 amide bonds. The number of carbonyl (C=O) groups excluding carboxylic acids is 1. The molecule has 0 radical (unpaired) electrons. The molecule has 128 valence electrons. The Bertz CT molecular complexity index is 840. The molecule has 0 aliphatic heterocycles. The van der Waals surface area contributed by atoms with Gasteiger partial charge in [0.15, 0.2) is 25.5 Å². The Morgan fingerprint density at radius 3 is 1.25 bits per heavy atom. The van der Waals surface area contributed by atoms with E-state index in [4.69, 9.17) is 0 Å². The number of rotatable bonds is 6. The van der Waals surface area contributed by atoms with Gasteiger partial charge < -0.3 is 0 Å². The number of hydrogen-bond acceptors (Lipinski definition) is 5. The third-order valence-electron chi connectivity index (χ3n) is 3.88. The summed E-state index contributed by atoms with van der Waals surface area (Å²) in [7, 11) is -7.88. The first-order valence-electron chi connectivity index (χ1n) is 7.30. The number of sulfone groups is 2. The van der Waals surface area contributed by atoms with Crippen LogP contribution in [0.4, 0.5) is 0 Å². The second-order valence-electron chi connectivity index (χ2n) is 5.40. The van der Waals surface area contributed by atoms with Crippen molar-refractivity contribution in [3.8, 4) is 0 Å². The van der Waals surface area contributed by atoms with Gasteiger partial charge in [-0.2, -0.15) is 0 Å². The monoisotopic (exact) mass is 366 g/mol. The zero-order chi connectivity index (χ0) is 18.0. The Kier molecular flexibility index (Phi) is 5.25. The highest BCUT2D eigenvalue weighted by atomic mass is 32.2. The minimum absolute atomic E-state index is 0.00448. The first-order valence-corrected chi connectivity index (χ1v) is 10.4. The number of carbonyl (C=O) groups is 1. The summed E-state index contributed by atoms with van der Waals surface area (Å²) in [5.41, 5.74) is 0. The minimum Gasteiger partial charge on any atom is -0.297 e. The molecule has 2 aromatic carbocycles. The number of ketones is 1. The van der Waals surface area contributed by atoms with E-state index in [-0.39, 0.29) is 9.79 Å². The molecule has 0 unspecified atom stereocenters. The maximum absolute atomic E-state index is 12.5. The first kappa shape index (κ1) is 18.4. The summed E-state index contributed by atoms with van der Waals surface area (Å²) in [4.78, 5) is 12.5. The lowest BCUT2D eigenvalue weighted by Crippen LogP contribution is -2.38. The summed E-state index contributed by atoms with van der Waals surface area (Å²) >= 11 is 0. The average molecular weight is 366 g/mol. The summed E-state index contributed by atoms with van der Waals surface area (Å²) in [6.07, 6.45) is 0. The highest BCUT2D eigenvalue weighted by Crippen LogP contribution is 2.22. The largest absolute Gasteiger partial charge is 0.297 e. The Hall–Kier alpha value is -1.99. The topological polar surface area (TPSA) is 85.3 Å². The summed E-state index contributed by atoms with van der Waals surface area (Å²) in [6.45, 7) is 2.45. The fraction of sp³-hybridized carbons (Fsp3) is 0.235. The van der Waals surface area contributed by atoms with Crippen molar-refractivity contribution in [3.63, 3.8) is 0 Å². The quantitative estimate of drug-likeness (QED) is 0.783. The molecular weight excluding hydrogens is 348 g/mol. The molecule has 2 rings (SSSR count). The lowest BCUT2D eigenvalue weighted by molar-refractivity contribution is -0.117. The van der Waals surface area contributed by atoms with Gasteiger partial charge in [-0.15, -0.1) is 0 Å². The molecule has 2 atom stereocenters. The lowest BCUT2D eigenvalue weighted by Gasteiger charge is -2.17. The Morgan fingerprint density at radius 1 is 0.667 bits per heavy atom. The molecule has 5 nitrogen and oxygen atoms in total. The Balaban J connectivity index is 2.34. The maximum atomic E-state index is 12.5. The average Bonchev–Trinajstić information content (AvgIpc) is 2.61. The fourth-order valence-corrected chi connectivity index (χ4v) is 5.26. The molecular formula is C17H18O5S2. The van der Waals surface area contributed by atoms with Gasteiger partial charge in [0.05, 0.1) is 9.79 Å². The molecule has 0 fully saturated rings. The van der Waals surface area contributed by atoms with E-state index in [1.807, 2.05) is 0 Å². The third-order valence-corrected chi connectivity index (χ3v) is 8.06.